The summed E-state index contributed by atoms with van der Waals surface area (Å²) in [6.45, 7) is 6.11. The van der Waals surface area contributed by atoms with Crippen LogP contribution in [-0.2, 0) is 26.2 Å². The summed E-state index contributed by atoms with van der Waals surface area (Å²) in [6, 6.07) is 15.2. The van der Waals surface area contributed by atoms with Gasteiger partial charge in [-0.2, -0.15) is 0 Å². The van der Waals surface area contributed by atoms with Crippen LogP contribution >= 0.6 is 15.9 Å². The quantitative estimate of drug-likeness (QED) is 0.428. The van der Waals surface area contributed by atoms with Crippen LogP contribution in [0.3, 0.4) is 0 Å². The first-order valence-electron chi connectivity index (χ1n) is 11.4. The van der Waals surface area contributed by atoms with Crippen molar-refractivity contribution in [3.63, 3.8) is 0 Å². The minimum absolute atomic E-state index is 0.00890. The molecule has 0 spiro atoms. The van der Waals surface area contributed by atoms with Gasteiger partial charge in [0.2, 0.25) is 21.8 Å². The molecular weight excluding hydrogens is 518 g/mol. The van der Waals surface area contributed by atoms with Gasteiger partial charge in [-0.05, 0) is 56.5 Å². The van der Waals surface area contributed by atoms with Gasteiger partial charge in [-0.3, -0.25) is 9.59 Å². The van der Waals surface area contributed by atoms with E-state index in [9.17, 15) is 18.0 Å². The highest BCUT2D eigenvalue weighted by atomic mass is 79.9. The third-order valence-corrected chi connectivity index (χ3v) is 8.09. The molecule has 2 amide bonds. The van der Waals surface area contributed by atoms with Gasteiger partial charge in [0.1, 0.15) is 6.04 Å². The van der Waals surface area contributed by atoms with Crippen LogP contribution in [0.5, 0.6) is 0 Å². The second kappa shape index (κ2) is 13.0. The van der Waals surface area contributed by atoms with E-state index < -0.39 is 16.1 Å². The van der Waals surface area contributed by atoms with E-state index in [4.69, 9.17) is 0 Å². The number of benzene rings is 2. The molecule has 0 aliphatic carbocycles. The monoisotopic (exact) mass is 551 g/mol. The van der Waals surface area contributed by atoms with Crippen molar-refractivity contribution in [2.75, 3.05) is 13.6 Å². The molecule has 2 rings (SSSR count). The van der Waals surface area contributed by atoms with Gasteiger partial charge in [0.05, 0.1) is 4.90 Å². The standard InChI is InChI=1S/C25H34BrN3O4S/c1-5-19(2)27-25(31)20(3)29(18-21-11-9-12-22(26)17-21)24(30)15-10-16-28(4)34(32,33)23-13-7-6-8-14-23/h6-9,11-14,17,19-20H,5,10,15-16,18H2,1-4H3,(H,27,31). The average Bonchev–Trinajstić information content (AvgIpc) is 2.82. The van der Waals surface area contributed by atoms with Crippen LogP contribution in [0.2, 0.25) is 0 Å². The van der Waals surface area contributed by atoms with E-state index in [2.05, 4.69) is 21.2 Å². The molecule has 0 radical (unpaired) electrons. The molecule has 7 nitrogen and oxygen atoms in total. The fourth-order valence-electron chi connectivity index (χ4n) is 3.37. The molecule has 2 aromatic carbocycles. The number of halogens is 1. The molecule has 0 saturated heterocycles. The maximum absolute atomic E-state index is 13.2. The summed E-state index contributed by atoms with van der Waals surface area (Å²) in [5.41, 5.74) is 0.898. The average molecular weight is 553 g/mol. The third kappa shape index (κ3) is 7.92. The summed E-state index contributed by atoms with van der Waals surface area (Å²) in [4.78, 5) is 27.8. The molecule has 2 unspecified atom stereocenters. The number of sulfonamides is 1. The zero-order valence-electron chi connectivity index (χ0n) is 20.2. The van der Waals surface area contributed by atoms with Crippen molar-refractivity contribution in [1.82, 2.24) is 14.5 Å². The van der Waals surface area contributed by atoms with E-state index in [-0.39, 0.29) is 42.3 Å². The summed E-state index contributed by atoms with van der Waals surface area (Å²) in [5.74, 6) is -0.404. The highest BCUT2D eigenvalue weighted by Gasteiger charge is 2.27. The molecule has 0 saturated carbocycles. The summed E-state index contributed by atoms with van der Waals surface area (Å²) in [5, 5.41) is 2.94. The van der Waals surface area contributed by atoms with Gasteiger partial charge < -0.3 is 10.2 Å². The topological polar surface area (TPSA) is 86.8 Å². The van der Waals surface area contributed by atoms with Gasteiger partial charge in [0, 0.05) is 37.1 Å². The van der Waals surface area contributed by atoms with Crippen LogP contribution in [0.25, 0.3) is 0 Å². The van der Waals surface area contributed by atoms with Crippen molar-refractivity contribution < 1.29 is 18.0 Å². The molecule has 0 bridgehead atoms. The molecular formula is C25H34BrN3O4S. The normalized spacial score (nSPS) is 13.4. The number of amides is 2. The van der Waals surface area contributed by atoms with Crippen molar-refractivity contribution in [3.8, 4) is 0 Å². The molecule has 2 aromatic rings. The molecule has 34 heavy (non-hydrogen) atoms. The summed E-state index contributed by atoms with van der Waals surface area (Å²) in [7, 11) is -2.11. The molecule has 2 atom stereocenters. The van der Waals surface area contributed by atoms with Crippen LogP contribution in [0.15, 0.2) is 64.0 Å². The Balaban J connectivity index is 2.09. The first-order valence-corrected chi connectivity index (χ1v) is 13.6. The molecule has 186 valence electrons. The van der Waals surface area contributed by atoms with E-state index in [0.29, 0.717) is 6.42 Å². The largest absolute Gasteiger partial charge is 0.352 e. The molecule has 1 N–H and O–H groups in total. The minimum atomic E-state index is -3.62. The predicted molar refractivity (Wildman–Crippen MR) is 138 cm³/mol. The van der Waals surface area contributed by atoms with Crippen molar-refractivity contribution in [3.05, 3.63) is 64.6 Å². The predicted octanol–water partition coefficient (Wildman–Crippen LogP) is 4.18. The van der Waals surface area contributed by atoms with Gasteiger partial charge in [0.25, 0.3) is 0 Å². The Labute approximate surface area is 211 Å². The minimum Gasteiger partial charge on any atom is -0.352 e. The van der Waals surface area contributed by atoms with Gasteiger partial charge >= 0.3 is 0 Å². The Hall–Kier alpha value is -2.23. The third-order valence-electron chi connectivity index (χ3n) is 5.73. The van der Waals surface area contributed by atoms with E-state index in [1.165, 1.54) is 11.4 Å². The number of nitrogens with one attached hydrogen (secondary N) is 1. The Morgan fingerprint density at radius 2 is 1.74 bits per heavy atom. The molecule has 0 heterocycles. The summed E-state index contributed by atoms with van der Waals surface area (Å²) < 4.78 is 27.6. The highest BCUT2D eigenvalue weighted by Crippen LogP contribution is 2.18. The SMILES string of the molecule is CCC(C)NC(=O)C(C)N(Cc1cccc(Br)c1)C(=O)CCCN(C)S(=O)(=O)c1ccccc1. The van der Waals surface area contributed by atoms with Crippen molar-refractivity contribution in [2.24, 2.45) is 0 Å². The number of carbonyl (C=O) groups is 2. The van der Waals surface area contributed by atoms with Gasteiger partial charge in [-0.15, -0.1) is 0 Å². The van der Waals surface area contributed by atoms with Crippen LogP contribution in [0.1, 0.15) is 45.6 Å². The highest BCUT2D eigenvalue weighted by molar-refractivity contribution is 9.10. The molecule has 0 fully saturated rings. The number of hydrogen-bond acceptors (Lipinski definition) is 4. The summed E-state index contributed by atoms with van der Waals surface area (Å²) >= 11 is 3.45. The van der Waals surface area contributed by atoms with Crippen LogP contribution in [0.4, 0.5) is 0 Å². The van der Waals surface area contributed by atoms with E-state index >= 15 is 0 Å². The fraction of sp³-hybridized carbons (Fsp3) is 0.440. The zero-order chi connectivity index (χ0) is 25.3. The molecule has 0 aliphatic heterocycles. The lowest BCUT2D eigenvalue weighted by molar-refractivity contribution is -0.141. The van der Waals surface area contributed by atoms with E-state index in [1.54, 1.807) is 42.2 Å². The Kier molecular flexibility index (Phi) is 10.7. The second-order valence-corrected chi connectivity index (χ2v) is 11.3. The first-order chi connectivity index (χ1) is 16.1. The van der Waals surface area contributed by atoms with Gasteiger partial charge in [-0.25, -0.2) is 12.7 Å². The van der Waals surface area contributed by atoms with Crippen LogP contribution in [-0.4, -0.2) is 55.1 Å². The van der Waals surface area contributed by atoms with Crippen LogP contribution in [0, 0.1) is 0 Å². The number of rotatable bonds is 12. The lowest BCUT2D eigenvalue weighted by Gasteiger charge is -2.30. The maximum atomic E-state index is 13.2. The lowest BCUT2D eigenvalue weighted by Crippen LogP contribution is -2.49. The van der Waals surface area contributed by atoms with Crippen molar-refractivity contribution in [1.29, 1.82) is 0 Å². The zero-order valence-corrected chi connectivity index (χ0v) is 22.6. The van der Waals surface area contributed by atoms with E-state index in [1.807, 2.05) is 38.1 Å². The smallest absolute Gasteiger partial charge is 0.242 e. The van der Waals surface area contributed by atoms with Crippen LogP contribution < -0.4 is 5.32 Å². The number of carbonyl (C=O) groups excluding carboxylic acids is 2. The van der Waals surface area contributed by atoms with Crippen molar-refractivity contribution in [2.45, 2.75) is 63.6 Å². The Morgan fingerprint density at radius 3 is 2.35 bits per heavy atom. The maximum Gasteiger partial charge on any atom is 0.242 e. The molecule has 9 heteroatoms. The van der Waals surface area contributed by atoms with Gasteiger partial charge in [0.15, 0.2) is 0 Å². The first kappa shape index (κ1) is 28.0. The van der Waals surface area contributed by atoms with Crippen molar-refractivity contribution >= 4 is 37.8 Å². The Bertz CT molecular complexity index is 1060. The number of nitrogens with zero attached hydrogens (tertiary/aromatic N) is 2. The number of hydrogen-bond donors (Lipinski definition) is 1. The molecule has 0 aliphatic rings. The Morgan fingerprint density at radius 1 is 1.06 bits per heavy atom. The van der Waals surface area contributed by atoms with E-state index in [0.717, 1.165) is 16.5 Å². The lowest BCUT2D eigenvalue weighted by atomic mass is 10.1. The molecule has 0 aromatic heterocycles. The second-order valence-electron chi connectivity index (χ2n) is 8.39. The summed E-state index contributed by atoms with van der Waals surface area (Å²) in [6.07, 6.45) is 1.26. The fourth-order valence-corrected chi connectivity index (χ4v) is 5.05. The van der Waals surface area contributed by atoms with Gasteiger partial charge in [-0.1, -0.05) is 53.2 Å².